The van der Waals surface area contributed by atoms with Crippen molar-refractivity contribution in [2.24, 2.45) is 5.92 Å². The van der Waals surface area contributed by atoms with Gasteiger partial charge >= 0.3 is 6.18 Å². The Morgan fingerprint density at radius 2 is 2.16 bits per heavy atom. The Hall–Kier alpha value is -1.04. The average molecular weight is 275 g/mol. The van der Waals surface area contributed by atoms with E-state index in [9.17, 15) is 13.2 Å². The van der Waals surface area contributed by atoms with E-state index in [2.05, 4.69) is 10.4 Å². The van der Waals surface area contributed by atoms with Gasteiger partial charge in [-0.05, 0) is 32.8 Å². The SMILES string of the molecule is CCn1nc(C)cc1CC1CCC(C(F)(F)F)CN1. The Balaban J connectivity index is 1.92. The number of hydrogen-bond acceptors (Lipinski definition) is 2. The van der Waals surface area contributed by atoms with E-state index in [1.807, 2.05) is 24.6 Å². The van der Waals surface area contributed by atoms with E-state index in [4.69, 9.17) is 0 Å². The van der Waals surface area contributed by atoms with Gasteiger partial charge < -0.3 is 5.32 Å². The van der Waals surface area contributed by atoms with E-state index in [0.717, 1.165) is 24.4 Å². The van der Waals surface area contributed by atoms with Crippen molar-refractivity contribution in [3.8, 4) is 0 Å². The predicted octanol–water partition coefficient (Wildman–Crippen LogP) is 2.68. The normalized spacial score (nSPS) is 24.7. The summed E-state index contributed by atoms with van der Waals surface area (Å²) in [5.41, 5.74) is 2.06. The van der Waals surface area contributed by atoms with E-state index < -0.39 is 12.1 Å². The van der Waals surface area contributed by atoms with Crippen molar-refractivity contribution >= 4 is 0 Å². The molecule has 0 amide bonds. The van der Waals surface area contributed by atoms with Gasteiger partial charge in [0.05, 0.1) is 11.6 Å². The third-order valence-electron chi connectivity index (χ3n) is 3.72. The van der Waals surface area contributed by atoms with E-state index in [0.29, 0.717) is 6.42 Å². The van der Waals surface area contributed by atoms with Crippen LogP contribution < -0.4 is 5.32 Å². The molecule has 1 aliphatic rings. The van der Waals surface area contributed by atoms with Crippen LogP contribution in [-0.4, -0.2) is 28.5 Å². The summed E-state index contributed by atoms with van der Waals surface area (Å²) in [7, 11) is 0. The first-order valence-corrected chi connectivity index (χ1v) is 6.73. The molecule has 2 heterocycles. The summed E-state index contributed by atoms with van der Waals surface area (Å²) in [5.74, 6) is -1.19. The Morgan fingerprint density at radius 3 is 2.68 bits per heavy atom. The zero-order chi connectivity index (χ0) is 14.0. The quantitative estimate of drug-likeness (QED) is 0.919. The highest BCUT2D eigenvalue weighted by Gasteiger charge is 2.41. The standard InChI is InChI=1S/C13H20F3N3/c1-3-19-12(6-9(2)18-19)7-11-5-4-10(8-17-11)13(14,15)16/h6,10-11,17H,3-5,7-8H2,1-2H3. The highest BCUT2D eigenvalue weighted by atomic mass is 19.4. The van der Waals surface area contributed by atoms with Gasteiger partial charge in [0.15, 0.2) is 0 Å². The van der Waals surface area contributed by atoms with Crippen molar-refractivity contribution in [2.75, 3.05) is 6.54 Å². The van der Waals surface area contributed by atoms with Gasteiger partial charge in [-0.15, -0.1) is 0 Å². The van der Waals surface area contributed by atoms with Crippen LogP contribution in [0.5, 0.6) is 0 Å². The number of piperidine rings is 1. The molecule has 0 aromatic carbocycles. The zero-order valence-corrected chi connectivity index (χ0v) is 11.3. The maximum Gasteiger partial charge on any atom is 0.393 e. The largest absolute Gasteiger partial charge is 0.393 e. The maximum absolute atomic E-state index is 12.6. The smallest absolute Gasteiger partial charge is 0.313 e. The highest BCUT2D eigenvalue weighted by Crippen LogP contribution is 2.32. The second kappa shape index (κ2) is 5.53. The molecule has 0 spiro atoms. The fraction of sp³-hybridized carbons (Fsp3) is 0.769. The molecule has 1 N–H and O–H groups in total. The Morgan fingerprint density at radius 1 is 1.42 bits per heavy atom. The number of nitrogens with one attached hydrogen (secondary N) is 1. The first-order chi connectivity index (χ1) is 8.90. The third-order valence-corrected chi connectivity index (χ3v) is 3.72. The van der Waals surface area contributed by atoms with Crippen molar-refractivity contribution in [3.63, 3.8) is 0 Å². The van der Waals surface area contributed by atoms with Crippen LogP contribution in [0.1, 0.15) is 31.2 Å². The second-order valence-electron chi connectivity index (χ2n) is 5.22. The molecular formula is C13H20F3N3. The van der Waals surface area contributed by atoms with Crippen LogP contribution in [0.4, 0.5) is 13.2 Å². The Bertz CT molecular complexity index is 417. The van der Waals surface area contributed by atoms with Crippen LogP contribution >= 0.6 is 0 Å². The number of halogens is 3. The molecule has 0 aliphatic carbocycles. The van der Waals surface area contributed by atoms with Crippen LogP contribution in [0.2, 0.25) is 0 Å². The molecule has 0 bridgehead atoms. The number of rotatable bonds is 3. The van der Waals surface area contributed by atoms with Gasteiger partial charge in [0.25, 0.3) is 0 Å². The molecule has 2 atom stereocenters. The van der Waals surface area contributed by atoms with Gasteiger partial charge in [-0.25, -0.2) is 0 Å². The number of aryl methyl sites for hydroxylation is 2. The molecule has 1 aliphatic heterocycles. The lowest BCUT2D eigenvalue weighted by molar-refractivity contribution is -0.179. The first-order valence-electron chi connectivity index (χ1n) is 6.73. The van der Waals surface area contributed by atoms with Gasteiger partial charge in [-0.1, -0.05) is 0 Å². The molecule has 6 heteroatoms. The van der Waals surface area contributed by atoms with Gasteiger partial charge in [-0.3, -0.25) is 4.68 Å². The van der Waals surface area contributed by atoms with Crippen LogP contribution in [0.3, 0.4) is 0 Å². The highest BCUT2D eigenvalue weighted by molar-refractivity contribution is 5.10. The Kier molecular flexibility index (Phi) is 4.18. The van der Waals surface area contributed by atoms with Gasteiger partial charge in [0, 0.05) is 31.2 Å². The van der Waals surface area contributed by atoms with E-state index >= 15 is 0 Å². The van der Waals surface area contributed by atoms with Crippen molar-refractivity contribution in [2.45, 2.75) is 51.9 Å². The topological polar surface area (TPSA) is 29.9 Å². The van der Waals surface area contributed by atoms with Crippen molar-refractivity contribution in [3.05, 3.63) is 17.5 Å². The fourth-order valence-electron chi connectivity index (χ4n) is 2.66. The van der Waals surface area contributed by atoms with E-state index in [-0.39, 0.29) is 19.0 Å². The van der Waals surface area contributed by atoms with Crippen LogP contribution in [-0.2, 0) is 13.0 Å². The fourth-order valence-corrected chi connectivity index (χ4v) is 2.66. The van der Waals surface area contributed by atoms with Gasteiger partial charge in [0.2, 0.25) is 0 Å². The van der Waals surface area contributed by atoms with E-state index in [1.165, 1.54) is 0 Å². The van der Waals surface area contributed by atoms with Gasteiger partial charge in [-0.2, -0.15) is 18.3 Å². The number of hydrogen-bond donors (Lipinski definition) is 1. The lowest BCUT2D eigenvalue weighted by Gasteiger charge is -2.31. The summed E-state index contributed by atoms with van der Waals surface area (Å²) >= 11 is 0. The second-order valence-corrected chi connectivity index (χ2v) is 5.22. The summed E-state index contributed by atoms with van der Waals surface area (Å²) in [6, 6.07) is 2.14. The summed E-state index contributed by atoms with van der Waals surface area (Å²) in [4.78, 5) is 0. The van der Waals surface area contributed by atoms with Crippen molar-refractivity contribution < 1.29 is 13.2 Å². The molecule has 0 saturated carbocycles. The van der Waals surface area contributed by atoms with Crippen molar-refractivity contribution in [1.82, 2.24) is 15.1 Å². The average Bonchev–Trinajstić information content (AvgIpc) is 2.69. The molecule has 19 heavy (non-hydrogen) atoms. The lowest BCUT2D eigenvalue weighted by Crippen LogP contribution is -2.45. The molecular weight excluding hydrogens is 255 g/mol. The van der Waals surface area contributed by atoms with Crippen LogP contribution in [0, 0.1) is 12.8 Å². The first kappa shape index (κ1) is 14.4. The molecule has 108 valence electrons. The van der Waals surface area contributed by atoms with Crippen LogP contribution in [0.25, 0.3) is 0 Å². The van der Waals surface area contributed by atoms with E-state index in [1.54, 1.807) is 0 Å². The summed E-state index contributed by atoms with van der Waals surface area (Å²) in [6.07, 6.45) is -2.53. The van der Waals surface area contributed by atoms with Crippen LogP contribution in [0.15, 0.2) is 6.07 Å². The Labute approximate surface area is 111 Å². The maximum atomic E-state index is 12.6. The minimum Gasteiger partial charge on any atom is -0.313 e. The summed E-state index contributed by atoms with van der Waals surface area (Å²) < 4.78 is 39.6. The lowest BCUT2D eigenvalue weighted by atomic mass is 9.92. The number of nitrogens with zero attached hydrogens (tertiary/aromatic N) is 2. The summed E-state index contributed by atoms with van der Waals surface area (Å²) in [5, 5.41) is 7.38. The zero-order valence-electron chi connectivity index (χ0n) is 11.3. The number of aromatic nitrogens is 2. The molecule has 2 unspecified atom stereocenters. The molecule has 1 aromatic heterocycles. The molecule has 1 fully saturated rings. The minimum atomic E-state index is -4.07. The molecule has 3 nitrogen and oxygen atoms in total. The van der Waals surface area contributed by atoms with Crippen molar-refractivity contribution in [1.29, 1.82) is 0 Å². The molecule has 2 rings (SSSR count). The molecule has 1 aromatic rings. The molecule has 0 radical (unpaired) electrons. The monoisotopic (exact) mass is 275 g/mol. The number of alkyl halides is 3. The summed E-state index contributed by atoms with van der Waals surface area (Å²) in [6.45, 7) is 4.78. The molecule has 1 saturated heterocycles. The minimum absolute atomic E-state index is 0.0351. The van der Waals surface area contributed by atoms with Gasteiger partial charge in [0.1, 0.15) is 0 Å². The predicted molar refractivity (Wildman–Crippen MR) is 66.9 cm³/mol. The third kappa shape index (κ3) is 3.49.